The molecule has 1 aromatic rings. The molecule has 1 saturated heterocycles. The normalized spacial score (nSPS) is 18.9. The summed E-state index contributed by atoms with van der Waals surface area (Å²) >= 11 is 0. The number of methoxy groups -OCH3 is 1. The number of nitrogens with zero attached hydrogens (tertiary/aromatic N) is 2. The van der Waals surface area contributed by atoms with E-state index in [1.54, 1.807) is 11.8 Å². The first kappa shape index (κ1) is 15.5. The standard InChI is InChI=1S/C15H22N2O4/c1-9(2)13-12(10(3)16-21-13)14(18)17-7-5-6-11(8-17)15(19)20-4/h9,11H,5-8H2,1-4H3. The Kier molecular flexibility index (Phi) is 4.65. The second-order valence-corrected chi connectivity index (χ2v) is 5.78. The monoisotopic (exact) mass is 294 g/mol. The molecule has 1 atom stereocenters. The Morgan fingerprint density at radius 1 is 1.43 bits per heavy atom. The third kappa shape index (κ3) is 3.09. The van der Waals surface area contributed by atoms with Gasteiger partial charge in [-0.05, 0) is 19.8 Å². The van der Waals surface area contributed by atoms with Crippen LogP contribution in [0.1, 0.15) is 54.4 Å². The number of ether oxygens (including phenoxy) is 1. The van der Waals surface area contributed by atoms with E-state index in [4.69, 9.17) is 9.26 Å². The molecule has 2 rings (SSSR count). The fraction of sp³-hybridized carbons (Fsp3) is 0.667. The lowest BCUT2D eigenvalue weighted by molar-refractivity contribution is -0.146. The van der Waals surface area contributed by atoms with Crippen LogP contribution in [0.25, 0.3) is 0 Å². The topological polar surface area (TPSA) is 72.6 Å². The quantitative estimate of drug-likeness (QED) is 0.798. The van der Waals surface area contributed by atoms with Gasteiger partial charge in [0.25, 0.3) is 5.91 Å². The lowest BCUT2D eigenvalue weighted by Crippen LogP contribution is -2.43. The number of amides is 1. The van der Waals surface area contributed by atoms with Gasteiger partial charge in [-0.1, -0.05) is 19.0 Å². The molecule has 0 N–H and O–H groups in total. The zero-order valence-electron chi connectivity index (χ0n) is 13.0. The number of hydrogen-bond donors (Lipinski definition) is 0. The first-order chi connectivity index (χ1) is 9.95. The van der Waals surface area contributed by atoms with Crippen molar-refractivity contribution in [3.8, 4) is 0 Å². The van der Waals surface area contributed by atoms with Gasteiger partial charge in [-0.15, -0.1) is 0 Å². The van der Waals surface area contributed by atoms with Gasteiger partial charge < -0.3 is 14.2 Å². The molecule has 0 spiro atoms. The minimum atomic E-state index is -0.251. The summed E-state index contributed by atoms with van der Waals surface area (Å²) in [6, 6.07) is 0. The highest BCUT2D eigenvalue weighted by atomic mass is 16.5. The van der Waals surface area contributed by atoms with Crippen LogP contribution in [0.3, 0.4) is 0 Å². The Labute approximate surface area is 124 Å². The summed E-state index contributed by atoms with van der Waals surface area (Å²) in [5.74, 6) is 0.101. The second-order valence-electron chi connectivity index (χ2n) is 5.78. The molecule has 6 heteroatoms. The highest BCUT2D eigenvalue weighted by Crippen LogP contribution is 2.26. The predicted octanol–water partition coefficient (Wildman–Crippen LogP) is 2.13. The van der Waals surface area contributed by atoms with E-state index in [0.717, 1.165) is 12.8 Å². The van der Waals surface area contributed by atoms with Crippen molar-refractivity contribution in [3.63, 3.8) is 0 Å². The zero-order chi connectivity index (χ0) is 15.6. The molecule has 116 valence electrons. The lowest BCUT2D eigenvalue weighted by Gasteiger charge is -2.31. The van der Waals surface area contributed by atoms with E-state index >= 15 is 0 Å². The smallest absolute Gasteiger partial charge is 0.310 e. The van der Waals surface area contributed by atoms with Crippen LogP contribution < -0.4 is 0 Å². The van der Waals surface area contributed by atoms with Crippen molar-refractivity contribution in [2.24, 2.45) is 5.92 Å². The molecule has 2 heterocycles. The minimum absolute atomic E-state index is 0.0892. The second kappa shape index (κ2) is 6.28. The molecular formula is C15H22N2O4. The lowest BCUT2D eigenvalue weighted by atomic mass is 9.96. The average molecular weight is 294 g/mol. The molecule has 0 bridgehead atoms. The van der Waals surface area contributed by atoms with Gasteiger partial charge in [0.1, 0.15) is 5.56 Å². The van der Waals surface area contributed by atoms with Crippen molar-refractivity contribution in [1.29, 1.82) is 0 Å². The van der Waals surface area contributed by atoms with Crippen LogP contribution in [0.5, 0.6) is 0 Å². The molecule has 6 nitrogen and oxygen atoms in total. The van der Waals surface area contributed by atoms with E-state index in [1.807, 2.05) is 13.8 Å². The summed E-state index contributed by atoms with van der Waals surface area (Å²) in [7, 11) is 1.38. The Balaban J connectivity index is 2.20. The molecular weight excluding hydrogens is 272 g/mol. The summed E-state index contributed by atoms with van der Waals surface area (Å²) in [6.07, 6.45) is 1.56. The summed E-state index contributed by atoms with van der Waals surface area (Å²) in [5, 5.41) is 3.91. The van der Waals surface area contributed by atoms with Crippen molar-refractivity contribution in [3.05, 3.63) is 17.0 Å². The van der Waals surface area contributed by atoms with E-state index in [9.17, 15) is 9.59 Å². The fourth-order valence-electron chi connectivity index (χ4n) is 2.72. The third-order valence-electron chi connectivity index (χ3n) is 3.87. The summed E-state index contributed by atoms with van der Waals surface area (Å²) in [6.45, 7) is 6.74. The number of carbonyl (C=O) groups is 2. The molecule has 1 aromatic heterocycles. The van der Waals surface area contributed by atoms with Crippen molar-refractivity contribution < 1.29 is 18.8 Å². The van der Waals surface area contributed by atoms with Crippen molar-refractivity contribution in [2.75, 3.05) is 20.2 Å². The van der Waals surface area contributed by atoms with Crippen molar-refractivity contribution >= 4 is 11.9 Å². The Hall–Kier alpha value is -1.85. The molecule has 21 heavy (non-hydrogen) atoms. The SMILES string of the molecule is COC(=O)C1CCCN(C(=O)c2c(C)noc2C(C)C)C1. The maximum atomic E-state index is 12.7. The molecule has 0 aliphatic carbocycles. The van der Waals surface area contributed by atoms with Gasteiger partial charge in [0.2, 0.25) is 0 Å². The number of aryl methyl sites for hydroxylation is 1. The van der Waals surface area contributed by atoms with Crippen LogP contribution in [-0.4, -0.2) is 42.1 Å². The van der Waals surface area contributed by atoms with Crippen LogP contribution >= 0.6 is 0 Å². The Morgan fingerprint density at radius 2 is 2.14 bits per heavy atom. The molecule has 0 saturated carbocycles. The average Bonchev–Trinajstić information content (AvgIpc) is 2.87. The van der Waals surface area contributed by atoms with Crippen LogP contribution in [0.4, 0.5) is 0 Å². The van der Waals surface area contributed by atoms with E-state index in [-0.39, 0.29) is 23.7 Å². The van der Waals surface area contributed by atoms with E-state index in [2.05, 4.69) is 5.16 Å². The highest BCUT2D eigenvalue weighted by molar-refractivity contribution is 5.96. The summed E-state index contributed by atoms with van der Waals surface area (Å²) < 4.78 is 10.1. The molecule has 0 aromatic carbocycles. The zero-order valence-corrected chi connectivity index (χ0v) is 13.0. The number of carbonyl (C=O) groups excluding carboxylic acids is 2. The fourth-order valence-corrected chi connectivity index (χ4v) is 2.72. The van der Waals surface area contributed by atoms with Gasteiger partial charge in [0.15, 0.2) is 5.76 Å². The van der Waals surface area contributed by atoms with Gasteiger partial charge >= 0.3 is 5.97 Å². The van der Waals surface area contributed by atoms with Crippen molar-refractivity contribution in [2.45, 2.75) is 39.5 Å². The Morgan fingerprint density at radius 3 is 2.76 bits per heavy atom. The molecule has 1 amide bonds. The third-order valence-corrected chi connectivity index (χ3v) is 3.87. The summed E-state index contributed by atoms with van der Waals surface area (Å²) in [4.78, 5) is 26.1. The maximum Gasteiger partial charge on any atom is 0.310 e. The van der Waals surface area contributed by atoms with Gasteiger partial charge in [0.05, 0.1) is 18.7 Å². The van der Waals surface area contributed by atoms with Crippen molar-refractivity contribution in [1.82, 2.24) is 10.1 Å². The first-order valence-electron chi connectivity index (χ1n) is 7.29. The van der Waals surface area contributed by atoms with Crippen LogP contribution in [0.2, 0.25) is 0 Å². The molecule has 1 aliphatic heterocycles. The van der Waals surface area contributed by atoms with Gasteiger partial charge in [-0.3, -0.25) is 9.59 Å². The Bertz CT molecular complexity index is 536. The van der Waals surface area contributed by atoms with E-state index < -0.39 is 0 Å². The van der Waals surface area contributed by atoms with Gasteiger partial charge in [-0.25, -0.2) is 0 Å². The molecule has 1 unspecified atom stereocenters. The van der Waals surface area contributed by atoms with E-state index in [1.165, 1.54) is 7.11 Å². The number of likely N-dealkylation sites (tertiary alicyclic amines) is 1. The molecule has 0 radical (unpaired) electrons. The molecule has 1 fully saturated rings. The number of piperidine rings is 1. The largest absolute Gasteiger partial charge is 0.469 e. The first-order valence-corrected chi connectivity index (χ1v) is 7.29. The van der Waals surface area contributed by atoms with Gasteiger partial charge in [-0.2, -0.15) is 0 Å². The number of rotatable bonds is 3. The van der Waals surface area contributed by atoms with Gasteiger partial charge in [0, 0.05) is 19.0 Å². The predicted molar refractivity (Wildman–Crippen MR) is 76.0 cm³/mol. The maximum absolute atomic E-state index is 12.7. The van der Waals surface area contributed by atoms with Crippen LogP contribution in [-0.2, 0) is 9.53 Å². The van der Waals surface area contributed by atoms with Crippen LogP contribution in [0, 0.1) is 12.8 Å². The summed E-state index contributed by atoms with van der Waals surface area (Å²) in [5.41, 5.74) is 1.14. The van der Waals surface area contributed by atoms with E-state index in [0.29, 0.717) is 30.1 Å². The number of esters is 1. The minimum Gasteiger partial charge on any atom is -0.469 e. The highest BCUT2D eigenvalue weighted by Gasteiger charge is 2.32. The number of aromatic nitrogens is 1. The number of hydrogen-bond acceptors (Lipinski definition) is 5. The van der Waals surface area contributed by atoms with Crippen LogP contribution in [0.15, 0.2) is 4.52 Å². The molecule has 1 aliphatic rings.